The zero-order chi connectivity index (χ0) is 13.9. The van der Waals surface area contributed by atoms with E-state index in [9.17, 15) is 4.79 Å². The molecule has 19 heavy (non-hydrogen) atoms. The quantitative estimate of drug-likeness (QED) is 0.861. The Balaban J connectivity index is 2.04. The predicted molar refractivity (Wildman–Crippen MR) is 74.9 cm³/mol. The number of nitrogens with zero attached hydrogens (tertiary/aromatic N) is 1. The van der Waals surface area contributed by atoms with Gasteiger partial charge < -0.3 is 10.5 Å². The lowest BCUT2D eigenvalue weighted by molar-refractivity contribution is 0.0402. The summed E-state index contributed by atoms with van der Waals surface area (Å²) in [5, 5.41) is 0. The molecule has 2 aromatic rings. The summed E-state index contributed by atoms with van der Waals surface area (Å²) in [5.74, 6) is 0. The van der Waals surface area contributed by atoms with E-state index in [-0.39, 0.29) is 6.09 Å². The van der Waals surface area contributed by atoms with Gasteiger partial charge in [-0.25, -0.2) is 4.79 Å². The minimum absolute atomic E-state index is 0.376. The third-order valence-electron chi connectivity index (χ3n) is 2.76. The van der Waals surface area contributed by atoms with Crippen LogP contribution >= 0.6 is 0 Å². The van der Waals surface area contributed by atoms with E-state index in [0.717, 1.165) is 5.56 Å². The fraction of sp³-hybridized carbons (Fsp3) is 0.267. The normalized spacial score (nSPS) is 11.3. The number of ether oxygens (including phenoxy) is 1. The Morgan fingerprint density at radius 1 is 1.26 bits per heavy atom. The minimum Gasteiger partial charge on any atom is -0.443 e. The van der Waals surface area contributed by atoms with Gasteiger partial charge in [0.15, 0.2) is 0 Å². The molecule has 1 aromatic heterocycles. The van der Waals surface area contributed by atoms with Crippen LogP contribution in [0.15, 0.2) is 48.8 Å². The molecule has 1 heterocycles. The van der Waals surface area contributed by atoms with Crippen LogP contribution in [-0.2, 0) is 11.2 Å². The molecule has 2 N–H and O–H groups in total. The van der Waals surface area contributed by atoms with Crippen LogP contribution in [0.5, 0.6) is 0 Å². The smallest absolute Gasteiger partial charge is 0.418 e. The molecule has 0 unspecified atom stereocenters. The first kappa shape index (κ1) is 13.2. The van der Waals surface area contributed by atoms with Gasteiger partial charge in [0.1, 0.15) is 5.60 Å². The highest BCUT2D eigenvalue weighted by Gasteiger charge is 2.24. The molecule has 2 rings (SSSR count). The topological polar surface area (TPSA) is 57.2 Å². The number of benzene rings is 1. The molecule has 1 aromatic carbocycles. The van der Waals surface area contributed by atoms with Crippen molar-refractivity contribution in [1.82, 2.24) is 4.57 Å². The molecule has 4 nitrogen and oxygen atoms in total. The van der Waals surface area contributed by atoms with Crippen LogP contribution in [0.4, 0.5) is 10.5 Å². The number of anilines is 1. The maximum absolute atomic E-state index is 11.9. The van der Waals surface area contributed by atoms with Crippen LogP contribution in [-0.4, -0.2) is 16.3 Å². The molecule has 0 radical (unpaired) electrons. The summed E-state index contributed by atoms with van der Waals surface area (Å²) in [6, 6.07) is 11.2. The molecular weight excluding hydrogens is 240 g/mol. The summed E-state index contributed by atoms with van der Waals surface area (Å²) in [6.07, 6.45) is 3.57. The van der Waals surface area contributed by atoms with Gasteiger partial charge in [-0.15, -0.1) is 0 Å². The molecule has 100 valence electrons. The van der Waals surface area contributed by atoms with E-state index in [4.69, 9.17) is 10.5 Å². The highest BCUT2D eigenvalue weighted by Crippen LogP contribution is 2.19. The Kier molecular flexibility index (Phi) is 3.60. The number of nitrogens with two attached hydrogens (primary N) is 1. The van der Waals surface area contributed by atoms with Gasteiger partial charge in [0.25, 0.3) is 0 Å². The van der Waals surface area contributed by atoms with Gasteiger partial charge in [-0.1, -0.05) is 12.1 Å². The van der Waals surface area contributed by atoms with Crippen LogP contribution in [0.2, 0.25) is 0 Å². The van der Waals surface area contributed by atoms with E-state index in [0.29, 0.717) is 12.1 Å². The number of carbonyl (C=O) groups is 1. The highest BCUT2D eigenvalue weighted by molar-refractivity contribution is 5.70. The van der Waals surface area contributed by atoms with Crippen molar-refractivity contribution in [2.45, 2.75) is 25.9 Å². The second kappa shape index (κ2) is 5.18. The fourth-order valence-electron chi connectivity index (χ4n) is 1.98. The van der Waals surface area contributed by atoms with E-state index in [1.165, 1.54) is 4.57 Å². The van der Waals surface area contributed by atoms with Crippen LogP contribution in [0, 0.1) is 0 Å². The van der Waals surface area contributed by atoms with Crippen molar-refractivity contribution in [1.29, 1.82) is 0 Å². The summed E-state index contributed by atoms with van der Waals surface area (Å²) < 4.78 is 6.93. The van der Waals surface area contributed by atoms with Crippen molar-refractivity contribution in [2.24, 2.45) is 0 Å². The molecule has 0 aliphatic carbocycles. The van der Waals surface area contributed by atoms with Crippen molar-refractivity contribution < 1.29 is 9.53 Å². The van der Waals surface area contributed by atoms with Crippen LogP contribution in [0.1, 0.15) is 19.4 Å². The predicted octanol–water partition coefficient (Wildman–Crippen LogP) is 3.08. The molecule has 0 spiro atoms. The lowest BCUT2D eigenvalue weighted by atomic mass is 9.98. The zero-order valence-corrected chi connectivity index (χ0v) is 11.2. The molecular formula is C15H18N2O2. The number of aromatic nitrogens is 1. The molecule has 0 fully saturated rings. The van der Waals surface area contributed by atoms with E-state index < -0.39 is 5.60 Å². The first-order chi connectivity index (χ1) is 8.96. The monoisotopic (exact) mass is 258 g/mol. The molecule has 0 amide bonds. The second-order valence-corrected chi connectivity index (χ2v) is 5.14. The third-order valence-corrected chi connectivity index (χ3v) is 2.76. The van der Waals surface area contributed by atoms with E-state index in [1.54, 1.807) is 24.5 Å². The highest BCUT2D eigenvalue weighted by atomic mass is 16.6. The average molecular weight is 258 g/mol. The van der Waals surface area contributed by atoms with Gasteiger partial charge in [0, 0.05) is 24.5 Å². The van der Waals surface area contributed by atoms with Crippen molar-refractivity contribution in [3.63, 3.8) is 0 Å². The standard InChI is InChI=1S/C15H18N2O2/c1-15(2,11-12-6-5-7-13(16)10-12)19-14(18)17-8-3-4-9-17/h3-10H,11,16H2,1-2H3. The fourth-order valence-corrected chi connectivity index (χ4v) is 1.98. The first-order valence-electron chi connectivity index (χ1n) is 6.17. The van der Waals surface area contributed by atoms with Gasteiger partial charge in [-0.05, 0) is 43.7 Å². The lowest BCUT2D eigenvalue weighted by Crippen LogP contribution is -2.32. The lowest BCUT2D eigenvalue weighted by Gasteiger charge is -2.25. The van der Waals surface area contributed by atoms with Crippen LogP contribution in [0.3, 0.4) is 0 Å². The van der Waals surface area contributed by atoms with Crippen LogP contribution in [0.25, 0.3) is 0 Å². The Bertz CT molecular complexity index is 559. The Morgan fingerprint density at radius 2 is 1.95 bits per heavy atom. The van der Waals surface area contributed by atoms with E-state index in [1.807, 2.05) is 38.1 Å². The van der Waals surface area contributed by atoms with Crippen molar-refractivity contribution in [3.8, 4) is 0 Å². The largest absolute Gasteiger partial charge is 0.443 e. The van der Waals surface area contributed by atoms with Gasteiger partial charge in [0.05, 0.1) is 0 Å². The number of hydrogen-bond acceptors (Lipinski definition) is 3. The van der Waals surface area contributed by atoms with Crippen molar-refractivity contribution in [3.05, 3.63) is 54.4 Å². The summed E-state index contributed by atoms with van der Waals surface area (Å²) in [4.78, 5) is 11.9. The SMILES string of the molecule is CC(C)(Cc1cccc(N)c1)OC(=O)n1cccc1. The van der Waals surface area contributed by atoms with Gasteiger partial charge in [-0.2, -0.15) is 0 Å². The van der Waals surface area contributed by atoms with Gasteiger partial charge >= 0.3 is 6.09 Å². The minimum atomic E-state index is -0.588. The Hall–Kier alpha value is -2.23. The van der Waals surface area contributed by atoms with Gasteiger partial charge in [-0.3, -0.25) is 4.57 Å². The van der Waals surface area contributed by atoms with E-state index >= 15 is 0 Å². The van der Waals surface area contributed by atoms with Gasteiger partial charge in [0.2, 0.25) is 0 Å². The number of carbonyl (C=O) groups excluding carboxylic acids is 1. The average Bonchev–Trinajstić information content (AvgIpc) is 2.80. The number of rotatable bonds is 3. The van der Waals surface area contributed by atoms with Crippen molar-refractivity contribution in [2.75, 3.05) is 5.73 Å². The molecule has 0 bridgehead atoms. The Morgan fingerprint density at radius 3 is 2.58 bits per heavy atom. The molecule has 0 saturated heterocycles. The van der Waals surface area contributed by atoms with Crippen LogP contribution < -0.4 is 5.73 Å². The third kappa shape index (κ3) is 3.61. The maximum atomic E-state index is 11.9. The number of nitrogen functional groups attached to an aromatic ring is 1. The summed E-state index contributed by atoms with van der Waals surface area (Å²) in [6.45, 7) is 3.77. The summed E-state index contributed by atoms with van der Waals surface area (Å²) >= 11 is 0. The molecule has 0 atom stereocenters. The first-order valence-corrected chi connectivity index (χ1v) is 6.17. The molecule has 0 saturated carbocycles. The second-order valence-electron chi connectivity index (χ2n) is 5.14. The summed E-state index contributed by atoms with van der Waals surface area (Å²) in [5.41, 5.74) is 6.92. The van der Waals surface area contributed by atoms with Crippen molar-refractivity contribution >= 4 is 11.8 Å². The summed E-state index contributed by atoms with van der Waals surface area (Å²) in [7, 11) is 0. The molecule has 4 heteroatoms. The molecule has 0 aliphatic heterocycles. The molecule has 0 aliphatic rings. The zero-order valence-electron chi connectivity index (χ0n) is 11.2. The Labute approximate surface area is 112 Å². The number of hydrogen-bond donors (Lipinski definition) is 1. The van der Waals surface area contributed by atoms with E-state index in [2.05, 4.69) is 0 Å². The maximum Gasteiger partial charge on any atom is 0.418 e.